The van der Waals surface area contributed by atoms with Gasteiger partial charge in [0.15, 0.2) is 6.10 Å². The van der Waals surface area contributed by atoms with Gasteiger partial charge >= 0.3 is 17.9 Å². The smallest absolute Gasteiger partial charge is 0.306 e. The van der Waals surface area contributed by atoms with Crippen molar-refractivity contribution in [2.45, 2.75) is 272 Å². The summed E-state index contributed by atoms with van der Waals surface area (Å²) in [6.07, 6.45) is 41.0. The summed E-state index contributed by atoms with van der Waals surface area (Å²) in [5.74, 6) is 0.740. The van der Waals surface area contributed by atoms with Gasteiger partial charge in [-0.05, 0) is 31.1 Å². The maximum absolute atomic E-state index is 12.7. The van der Waals surface area contributed by atoms with E-state index in [-0.39, 0.29) is 31.1 Å². The first-order valence-corrected chi connectivity index (χ1v) is 24.2. The van der Waals surface area contributed by atoms with Crippen LogP contribution in [0.15, 0.2) is 0 Å². The molecular weight excluding hydrogens is 685 g/mol. The quantitative estimate of drug-likeness (QED) is 0.0348. The Morgan fingerprint density at radius 1 is 0.345 bits per heavy atom. The molecule has 0 heterocycles. The molecule has 0 saturated carbocycles. The Balaban J connectivity index is 4.29. The zero-order valence-electron chi connectivity index (χ0n) is 37.6. The highest BCUT2D eigenvalue weighted by atomic mass is 16.6. The van der Waals surface area contributed by atoms with Crippen LogP contribution in [-0.2, 0) is 28.6 Å². The molecule has 0 rings (SSSR count). The number of ether oxygens (including phenoxy) is 3. The molecule has 0 spiro atoms. The standard InChI is InChI=1S/C49H94O6/c1-6-7-8-9-10-11-12-13-18-21-24-31-36-41-49(52)55-46(43-54-48(51)40-35-30-26-25-28-33-38-45(4)5)42-53-47(50)39-34-29-23-20-17-15-14-16-19-22-27-32-37-44(2)3/h44-46H,6-43H2,1-5H3/t46-/m0/s1. The van der Waals surface area contributed by atoms with Gasteiger partial charge in [-0.1, -0.05) is 227 Å². The Kier molecular flexibility index (Phi) is 40.8. The Bertz CT molecular complexity index is 839. The third-order valence-corrected chi connectivity index (χ3v) is 11.0. The highest BCUT2D eigenvalue weighted by Gasteiger charge is 2.19. The van der Waals surface area contributed by atoms with Gasteiger partial charge in [0.05, 0.1) is 0 Å². The summed E-state index contributed by atoms with van der Waals surface area (Å²) in [7, 11) is 0. The number of rotatable bonds is 43. The monoisotopic (exact) mass is 779 g/mol. The van der Waals surface area contributed by atoms with Crippen LogP contribution in [0.25, 0.3) is 0 Å². The van der Waals surface area contributed by atoms with Gasteiger partial charge in [-0.15, -0.1) is 0 Å². The first-order chi connectivity index (χ1) is 26.7. The van der Waals surface area contributed by atoms with Gasteiger partial charge in [0.1, 0.15) is 13.2 Å². The van der Waals surface area contributed by atoms with Gasteiger partial charge in [-0.3, -0.25) is 14.4 Å². The first kappa shape index (κ1) is 53.4. The van der Waals surface area contributed by atoms with E-state index in [0.717, 1.165) is 69.6 Å². The summed E-state index contributed by atoms with van der Waals surface area (Å²) in [5, 5.41) is 0. The van der Waals surface area contributed by atoms with Crippen molar-refractivity contribution in [3.05, 3.63) is 0 Å². The van der Waals surface area contributed by atoms with Gasteiger partial charge in [0.2, 0.25) is 0 Å². The van der Waals surface area contributed by atoms with Gasteiger partial charge < -0.3 is 14.2 Å². The number of hydrogen-bond acceptors (Lipinski definition) is 6. The minimum Gasteiger partial charge on any atom is -0.462 e. The number of carbonyl (C=O) groups is 3. The van der Waals surface area contributed by atoms with Crippen LogP contribution in [0.3, 0.4) is 0 Å². The third-order valence-electron chi connectivity index (χ3n) is 11.0. The summed E-state index contributed by atoms with van der Waals surface area (Å²) in [5.41, 5.74) is 0. The Morgan fingerprint density at radius 2 is 0.600 bits per heavy atom. The van der Waals surface area contributed by atoms with Gasteiger partial charge in [0, 0.05) is 19.3 Å². The lowest BCUT2D eigenvalue weighted by atomic mass is 10.0. The van der Waals surface area contributed by atoms with Crippen LogP contribution in [0.1, 0.15) is 266 Å². The maximum Gasteiger partial charge on any atom is 0.306 e. The van der Waals surface area contributed by atoms with E-state index in [4.69, 9.17) is 14.2 Å². The van der Waals surface area contributed by atoms with E-state index < -0.39 is 6.10 Å². The molecule has 1 atom stereocenters. The SMILES string of the molecule is CCCCCCCCCCCCCCCC(=O)O[C@@H](COC(=O)CCCCCCCCCCCCCCC(C)C)COC(=O)CCCCCCCCC(C)C. The third kappa shape index (κ3) is 43.4. The number of unbranched alkanes of at least 4 members (excludes halogenated alkanes) is 28. The fraction of sp³-hybridized carbons (Fsp3) is 0.939. The van der Waals surface area contributed by atoms with Crippen LogP contribution in [-0.4, -0.2) is 37.2 Å². The van der Waals surface area contributed by atoms with Crippen molar-refractivity contribution in [2.24, 2.45) is 11.8 Å². The second-order valence-corrected chi connectivity index (χ2v) is 17.7. The van der Waals surface area contributed by atoms with Gasteiger partial charge in [-0.25, -0.2) is 0 Å². The fourth-order valence-electron chi connectivity index (χ4n) is 7.28. The molecule has 0 unspecified atom stereocenters. The first-order valence-electron chi connectivity index (χ1n) is 24.2. The van der Waals surface area contributed by atoms with E-state index in [1.54, 1.807) is 0 Å². The molecule has 6 nitrogen and oxygen atoms in total. The van der Waals surface area contributed by atoms with E-state index in [0.29, 0.717) is 19.3 Å². The number of esters is 3. The molecule has 0 fully saturated rings. The molecule has 0 aromatic rings. The van der Waals surface area contributed by atoms with Crippen LogP contribution in [0, 0.1) is 11.8 Å². The van der Waals surface area contributed by atoms with Crippen molar-refractivity contribution in [3.63, 3.8) is 0 Å². The fourth-order valence-corrected chi connectivity index (χ4v) is 7.28. The van der Waals surface area contributed by atoms with Gasteiger partial charge in [-0.2, -0.15) is 0 Å². The lowest BCUT2D eigenvalue weighted by Gasteiger charge is -2.18. The Labute approximate surface area is 342 Å². The molecule has 0 saturated heterocycles. The second kappa shape index (κ2) is 42.0. The molecule has 0 aliphatic carbocycles. The summed E-state index contributed by atoms with van der Waals surface area (Å²) in [4.78, 5) is 37.8. The molecule has 0 radical (unpaired) electrons. The minimum atomic E-state index is -0.761. The van der Waals surface area contributed by atoms with Crippen molar-refractivity contribution < 1.29 is 28.6 Å². The zero-order chi connectivity index (χ0) is 40.5. The average Bonchev–Trinajstić information content (AvgIpc) is 3.15. The van der Waals surface area contributed by atoms with Crippen LogP contribution in [0.4, 0.5) is 0 Å². The molecule has 0 N–H and O–H groups in total. The lowest BCUT2D eigenvalue weighted by Crippen LogP contribution is -2.30. The van der Waals surface area contributed by atoms with E-state index in [1.165, 1.54) is 154 Å². The van der Waals surface area contributed by atoms with Crippen molar-refractivity contribution in [3.8, 4) is 0 Å². The lowest BCUT2D eigenvalue weighted by molar-refractivity contribution is -0.167. The predicted molar refractivity (Wildman–Crippen MR) is 233 cm³/mol. The topological polar surface area (TPSA) is 78.9 Å². The van der Waals surface area contributed by atoms with Crippen LogP contribution in [0.2, 0.25) is 0 Å². The molecule has 0 aliphatic rings. The molecule has 0 bridgehead atoms. The largest absolute Gasteiger partial charge is 0.462 e. The van der Waals surface area contributed by atoms with Crippen molar-refractivity contribution >= 4 is 17.9 Å². The van der Waals surface area contributed by atoms with Crippen LogP contribution < -0.4 is 0 Å². The molecule has 55 heavy (non-hydrogen) atoms. The van der Waals surface area contributed by atoms with E-state index in [1.807, 2.05) is 0 Å². The van der Waals surface area contributed by atoms with E-state index >= 15 is 0 Å². The highest BCUT2D eigenvalue weighted by molar-refractivity contribution is 5.71. The molecule has 6 heteroatoms. The summed E-state index contributed by atoms with van der Waals surface area (Å²) in [6, 6.07) is 0. The average molecular weight is 779 g/mol. The normalized spacial score (nSPS) is 12.1. The molecule has 0 aromatic carbocycles. The number of hydrogen-bond donors (Lipinski definition) is 0. The molecule has 326 valence electrons. The summed E-state index contributed by atoms with van der Waals surface area (Å²) in [6.45, 7) is 11.3. The molecule has 0 aromatic heterocycles. The van der Waals surface area contributed by atoms with Crippen molar-refractivity contribution in [1.29, 1.82) is 0 Å². The zero-order valence-corrected chi connectivity index (χ0v) is 37.6. The summed E-state index contributed by atoms with van der Waals surface area (Å²) >= 11 is 0. The molecule has 0 aliphatic heterocycles. The van der Waals surface area contributed by atoms with Crippen molar-refractivity contribution in [1.82, 2.24) is 0 Å². The molecular formula is C49H94O6. The van der Waals surface area contributed by atoms with E-state index in [2.05, 4.69) is 34.6 Å². The van der Waals surface area contributed by atoms with Gasteiger partial charge in [0.25, 0.3) is 0 Å². The maximum atomic E-state index is 12.7. The number of carbonyl (C=O) groups excluding carboxylic acids is 3. The highest BCUT2D eigenvalue weighted by Crippen LogP contribution is 2.17. The van der Waals surface area contributed by atoms with Crippen LogP contribution in [0.5, 0.6) is 0 Å². The van der Waals surface area contributed by atoms with Crippen molar-refractivity contribution in [2.75, 3.05) is 13.2 Å². The molecule has 0 amide bonds. The minimum absolute atomic E-state index is 0.0649. The summed E-state index contributed by atoms with van der Waals surface area (Å²) < 4.78 is 16.7. The second-order valence-electron chi connectivity index (χ2n) is 17.7. The Morgan fingerprint density at radius 3 is 0.891 bits per heavy atom. The Hall–Kier alpha value is -1.59. The van der Waals surface area contributed by atoms with Crippen LogP contribution >= 0.6 is 0 Å². The van der Waals surface area contributed by atoms with E-state index in [9.17, 15) is 14.4 Å². The predicted octanol–water partition coefficient (Wildman–Crippen LogP) is 15.4.